The second-order valence-corrected chi connectivity index (χ2v) is 6.11. The zero-order valence-electron chi connectivity index (χ0n) is 13.0. The van der Waals surface area contributed by atoms with Crippen LogP contribution in [0.15, 0.2) is 24.3 Å². The van der Waals surface area contributed by atoms with E-state index < -0.39 is 0 Å². The number of benzene rings is 1. The minimum atomic E-state index is 0.00623. The second-order valence-electron chi connectivity index (χ2n) is 6.11. The van der Waals surface area contributed by atoms with Gasteiger partial charge in [-0.15, -0.1) is 0 Å². The molecule has 0 saturated carbocycles. The normalized spacial score (nSPS) is 17.2. The summed E-state index contributed by atoms with van der Waals surface area (Å²) in [5.41, 5.74) is 4.14. The summed E-state index contributed by atoms with van der Waals surface area (Å²) in [5, 5.41) is 3.00. The van der Waals surface area contributed by atoms with Crippen molar-refractivity contribution in [3.8, 4) is 0 Å². The van der Waals surface area contributed by atoms with Gasteiger partial charge in [0, 0.05) is 18.0 Å². The average molecular weight is 309 g/mol. The number of carbonyl (C=O) groups is 1. The Kier molecular flexibility index (Phi) is 3.37. The number of imidazole rings is 2. The van der Waals surface area contributed by atoms with Crippen molar-refractivity contribution >= 4 is 16.9 Å². The Bertz CT molecular complexity index is 830. The molecule has 0 fully saturated rings. The van der Waals surface area contributed by atoms with E-state index in [1.165, 1.54) is 0 Å². The van der Waals surface area contributed by atoms with Crippen LogP contribution in [0.25, 0.3) is 11.0 Å². The first-order valence-electron chi connectivity index (χ1n) is 7.95. The molecule has 4 rings (SSSR count). The van der Waals surface area contributed by atoms with Crippen LogP contribution in [0.5, 0.6) is 0 Å². The topological polar surface area (TPSA) is 86.5 Å². The van der Waals surface area contributed by atoms with Gasteiger partial charge in [0.15, 0.2) is 0 Å². The molecule has 0 aliphatic heterocycles. The number of amides is 1. The van der Waals surface area contributed by atoms with Gasteiger partial charge in [-0.3, -0.25) is 4.79 Å². The number of rotatable bonds is 3. The number of aromatic nitrogens is 4. The van der Waals surface area contributed by atoms with E-state index in [4.69, 9.17) is 0 Å². The Balaban J connectivity index is 1.40. The van der Waals surface area contributed by atoms with Crippen molar-refractivity contribution in [3.05, 3.63) is 47.3 Å². The molecule has 1 aromatic carbocycles. The van der Waals surface area contributed by atoms with Crippen LogP contribution >= 0.6 is 0 Å². The van der Waals surface area contributed by atoms with Crippen LogP contribution in [0.2, 0.25) is 0 Å². The third-order valence-corrected chi connectivity index (χ3v) is 4.40. The Labute approximate surface area is 133 Å². The fraction of sp³-hybridized carbons (Fsp3) is 0.353. The lowest BCUT2D eigenvalue weighted by molar-refractivity contribution is -0.125. The molecule has 2 aromatic heterocycles. The zero-order chi connectivity index (χ0) is 15.8. The Hall–Kier alpha value is -2.63. The van der Waals surface area contributed by atoms with Crippen LogP contribution < -0.4 is 5.32 Å². The smallest absolute Gasteiger partial charge is 0.223 e. The number of aryl methyl sites for hydroxylation is 2. The molecule has 0 bridgehead atoms. The first-order chi connectivity index (χ1) is 11.2. The average Bonchev–Trinajstić information content (AvgIpc) is 3.13. The lowest BCUT2D eigenvalue weighted by Crippen LogP contribution is -2.34. The summed E-state index contributed by atoms with van der Waals surface area (Å²) in [5.74, 6) is 1.81. The molecule has 0 spiro atoms. The van der Waals surface area contributed by atoms with Gasteiger partial charge in [-0.25, -0.2) is 9.97 Å². The van der Waals surface area contributed by atoms with Crippen LogP contribution in [-0.4, -0.2) is 25.8 Å². The molecule has 1 aliphatic rings. The molecule has 3 N–H and O–H groups in total. The maximum Gasteiger partial charge on any atom is 0.223 e. The molecule has 0 radical (unpaired) electrons. The Morgan fingerprint density at radius 3 is 3.04 bits per heavy atom. The standard InChI is InChI=1S/C17H19N5O/c1-10-19-14-7-6-11(8-15(14)20-10)17(23)18-9-16-21-12-4-2-3-5-13(12)22-16/h2-5,11H,6-9H2,1H3,(H,18,23)(H,19,20)(H,21,22). The van der Waals surface area contributed by atoms with E-state index >= 15 is 0 Å². The summed E-state index contributed by atoms with van der Waals surface area (Å²) in [6, 6.07) is 7.86. The van der Waals surface area contributed by atoms with Gasteiger partial charge in [0.05, 0.1) is 23.3 Å². The van der Waals surface area contributed by atoms with Crippen LogP contribution in [0.1, 0.15) is 29.5 Å². The van der Waals surface area contributed by atoms with Gasteiger partial charge in [0.25, 0.3) is 0 Å². The first kappa shape index (κ1) is 14.0. The molecule has 2 heterocycles. The molecule has 0 saturated heterocycles. The van der Waals surface area contributed by atoms with Gasteiger partial charge >= 0.3 is 0 Å². The van der Waals surface area contributed by atoms with Crippen LogP contribution in [-0.2, 0) is 24.2 Å². The zero-order valence-corrected chi connectivity index (χ0v) is 13.0. The van der Waals surface area contributed by atoms with Gasteiger partial charge in [-0.05, 0) is 31.9 Å². The molecule has 1 atom stereocenters. The molecular formula is C17H19N5O. The fourth-order valence-corrected chi connectivity index (χ4v) is 3.25. The highest BCUT2D eigenvalue weighted by Crippen LogP contribution is 2.24. The van der Waals surface area contributed by atoms with Gasteiger partial charge in [0.2, 0.25) is 5.91 Å². The van der Waals surface area contributed by atoms with E-state index in [0.717, 1.165) is 53.3 Å². The summed E-state index contributed by atoms with van der Waals surface area (Å²) in [6.07, 6.45) is 2.45. The van der Waals surface area contributed by atoms with E-state index in [9.17, 15) is 4.79 Å². The summed E-state index contributed by atoms with van der Waals surface area (Å²) >= 11 is 0. The van der Waals surface area contributed by atoms with E-state index in [-0.39, 0.29) is 11.8 Å². The summed E-state index contributed by atoms with van der Waals surface area (Å²) in [7, 11) is 0. The number of carbonyl (C=O) groups excluding carboxylic acids is 1. The quantitative estimate of drug-likeness (QED) is 0.692. The largest absolute Gasteiger partial charge is 0.349 e. The van der Waals surface area contributed by atoms with Gasteiger partial charge in [-0.2, -0.15) is 0 Å². The SMILES string of the molecule is Cc1nc2c([nH]1)CC(C(=O)NCc1nc3ccccc3[nH]1)CC2. The highest BCUT2D eigenvalue weighted by molar-refractivity contribution is 5.79. The highest BCUT2D eigenvalue weighted by atomic mass is 16.1. The minimum absolute atomic E-state index is 0.00623. The predicted octanol–water partition coefficient (Wildman–Crippen LogP) is 2.02. The second kappa shape index (κ2) is 5.53. The van der Waals surface area contributed by atoms with Crippen LogP contribution in [0.4, 0.5) is 0 Å². The monoisotopic (exact) mass is 309 g/mol. The highest BCUT2D eigenvalue weighted by Gasteiger charge is 2.26. The molecule has 1 unspecified atom stereocenters. The Morgan fingerprint density at radius 2 is 2.17 bits per heavy atom. The van der Waals surface area contributed by atoms with Crippen molar-refractivity contribution in [2.24, 2.45) is 5.92 Å². The summed E-state index contributed by atoms with van der Waals surface area (Å²) < 4.78 is 0. The van der Waals surface area contributed by atoms with Crippen molar-refractivity contribution in [2.75, 3.05) is 0 Å². The third kappa shape index (κ3) is 2.72. The molecule has 1 amide bonds. The fourth-order valence-electron chi connectivity index (χ4n) is 3.25. The predicted molar refractivity (Wildman–Crippen MR) is 86.8 cm³/mol. The van der Waals surface area contributed by atoms with E-state index in [0.29, 0.717) is 6.54 Å². The van der Waals surface area contributed by atoms with E-state index in [1.807, 2.05) is 31.2 Å². The van der Waals surface area contributed by atoms with Gasteiger partial charge < -0.3 is 15.3 Å². The van der Waals surface area contributed by atoms with Crippen molar-refractivity contribution in [3.63, 3.8) is 0 Å². The van der Waals surface area contributed by atoms with Crippen LogP contribution in [0.3, 0.4) is 0 Å². The van der Waals surface area contributed by atoms with Crippen molar-refractivity contribution < 1.29 is 4.79 Å². The molecule has 3 aromatic rings. The number of para-hydroxylation sites is 2. The maximum atomic E-state index is 12.4. The lowest BCUT2D eigenvalue weighted by Gasteiger charge is -2.20. The van der Waals surface area contributed by atoms with E-state index in [1.54, 1.807) is 0 Å². The number of aromatic amines is 2. The molecular weight excluding hydrogens is 290 g/mol. The minimum Gasteiger partial charge on any atom is -0.349 e. The van der Waals surface area contributed by atoms with Crippen LogP contribution in [0, 0.1) is 12.8 Å². The molecule has 6 heteroatoms. The number of nitrogens with zero attached hydrogens (tertiary/aromatic N) is 2. The van der Waals surface area contributed by atoms with Crippen molar-refractivity contribution in [1.82, 2.24) is 25.3 Å². The molecule has 23 heavy (non-hydrogen) atoms. The number of nitrogens with one attached hydrogen (secondary N) is 3. The van der Waals surface area contributed by atoms with Crippen molar-refractivity contribution in [2.45, 2.75) is 32.7 Å². The van der Waals surface area contributed by atoms with E-state index in [2.05, 4.69) is 25.3 Å². The number of fused-ring (bicyclic) bond motifs is 2. The molecule has 1 aliphatic carbocycles. The third-order valence-electron chi connectivity index (χ3n) is 4.40. The number of hydrogen-bond acceptors (Lipinski definition) is 3. The maximum absolute atomic E-state index is 12.4. The molecule has 6 nitrogen and oxygen atoms in total. The first-order valence-corrected chi connectivity index (χ1v) is 7.95. The Morgan fingerprint density at radius 1 is 1.30 bits per heavy atom. The van der Waals surface area contributed by atoms with Gasteiger partial charge in [0.1, 0.15) is 11.6 Å². The lowest BCUT2D eigenvalue weighted by atomic mass is 9.89. The van der Waals surface area contributed by atoms with Crippen molar-refractivity contribution in [1.29, 1.82) is 0 Å². The molecule has 118 valence electrons. The summed E-state index contributed by atoms with van der Waals surface area (Å²) in [4.78, 5) is 27.9. The number of hydrogen-bond donors (Lipinski definition) is 3. The summed E-state index contributed by atoms with van der Waals surface area (Å²) in [6.45, 7) is 2.38. The number of H-pyrrole nitrogens is 2. The van der Waals surface area contributed by atoms with Gasteiger partial charge in [-0.1, -0.05) is 12.1 Å².